The van der Waals surface area contributed by atoms with Gasteiger partial charge in [-0.05, 0) is 16.3 Å². The van der Waals surface area contributed by atoms with E-state index in [1.165, 1.54) is 16.3 Å². The largest absolute Gasteiger partial charge is 0.120 e. The molecule has 0 saturated heterocycles. The third-order valence-corrected chi connectivity index (χ3v) is 2.12. The van der Waals surface area contributed by atoms with Crippen molar-refractivity contribution in [3.05, 3.63) is 48.0 Å². The summed E-state index contributed by atoms with van der Waals surface area (Å²) in [5, 5.41) is 2.53. The van der Waals surface area contributed by atoms with Gasteiger partial charge in [-0.3, -0.25) is 0 Å². The van der Waals surface area contributed by atoms with Gasteiger partial charge in [-0.2, -0.15) is 0 Å². The maximum atomic E-state index is 5.25. The zero-order valence-corrected chi connectivity index (χ0v) is 7.33. The maximum Gasteiger partial charge on any atom is 0.0337 e. The van der Waals surface area contributed by atoms with Crippen LogP contribution in [0.4, 0.5) is 0 Å². The molecule has 0 amide bonds. The summed E-state index contributed by atoms with van der Waals surface area (Å²) in [5.74, 6) is 2.65. The highest BCUT2D eigenvalue weighted by molar-refractivity contribution is 5.83. The molecule has 0 heteroatoms. The highest BCUT2D eigenvalue weighted by Crippen LogP contribution is 2.15. The summed E-state index contributed by atoms with van der Waals surface area (Å²) in [6.45, 7) is 0. The van der Waals surface area contributed by atoms with Gasteiger partial charge >= 0.3 is 0 Å². The Labute approximate surface area is 78.2 Å². The molecule has 0 unspecified atom stereocenters. The fourth-order valence-electron chi connectivity index (χ4n) is 1.47. The lowest BCUT2D eigenvalue weighted by Gasteiger charge is -1.99. The summed E-state index contributed by atoms with van der Waals surface area (Å²) in [4.78, 5) is 0. The molecule has 0 fully saturated rings. The Morgan fingerprint density at radius 3 is 2.54 bits per heavy atom. The van der Waals surface area contributed by atoms with Crippen LogP contribution in [0.3, 0.4) is 0 Å². The first kappa shape index (κ1) is 7.89. The van der Waals surface area contributed by atoms with Crippen molar-refractivity contribution >= 4 is 10.8 Å². The Morgan fingerprint density at radius 2 is 1.77 bits per heavy atom. The topological polar surface area (TPSA) is 0 Å². The first-order valence-electron chi connectivity index (χ1n) is 4.31. The molecule has 0 spiro atoms. The Kier molecular flexibility index (Phi) is 2.02. The van der Waals surface area contributed by atoms with Crippen LogP contribution in [0.2, 0.25) is 0 Å². The molecule has 0 aliphatic carbocycles. The van der Waals surface area contributed by atoms with Crippen LogP contribution in [0.1, 0.15) is 5.56 Å². The SMILES string of the molecule is C#CCc1ccc2ccccc2c1. The predicted octanol–water partition coefficient (Wildman–Crippen LogP) is 3.02. The van der Waals surface area contributed by atoms with E-state index < -0.39 is 0 Å². The lowest BCUT2D eigenvalue weighted by atomic mass is 10.1. The Morgan fingerprint density at radius 1 is 1.00 bits per heavy atom. The van der Waals surface area contributed by atoms with Crippen LogP contribution in [-0.2, 0) is 6.42 Å². The summed E-state index contributed by atoms with van der Waals surface area (Å²) in [5.41, 5.74) is 1.21. The second-order valence-corrected chi connectivity index (χ2v) is 3.06. The molecule has 0 aliphatic rings. The lowest BCUT2D eigenvalue weighted by Crippen LogP contribution is -1.80. The number of rotatable bonds is 1. The van der Waals surface area contributed by atoms with Crippen molar-refractivity contribution < 1.29 is 0 Å². The van der Waals surface area contributed by atoms with Gasteiger partial charge in [-0.25, -0.2) is 0 Å². The van der Waals surface area contributed by atoms with Crippen molar-refractivity contribution in [2.24, 2.45) is 0 Å². The molecule has 0 bridgehead atoms. The molecule has 0 N–H and O–H groups in total. The van der Waals surface area contributed by atoms with Crippen LogP contribution in [0, 0.1) is 12.3 Å². The maximum absolute atomic E-state index is 5.25. The molecule has 0 radical (unpaired) electrons. The van der Waals surface area contributed by atoms with Crippen LogP contribution < -0.4 is 0 Å². The van der Waals surface area contributed by atoms with Gasteiger partial charge in [0.1, 0.15) is 0 Å². The Hall–Kier alpha value is -1.74. The molecule has 0 atom stereocenters. The average molecular weight is 166 g/mol. The van der Waals surface area contributed by atoms with Crippen LogP contribution in [0.5, 0.6) is 0 Å². The van der Waals surface area contributed by atoms with E-state index in [1.54, 1.807) is 0 Å². The van der Waals surface area contributed by atoms with E-state index in [9.17, 15) is 0 Å². The van der Waals surface area contributed by atoms with E-state index in [-0.39, 0.29) is 0 Å². The minimum absolute atomic E-state index is 0.713. The molecule has 13 heavy (non-hydrogen) atoms. The second kappa shape index (κ2) is 3.33. The monoisotopic (exact) mass is 166 g/mol. The van der Waals surface area contributed by atoms with Crippen molar-refractivity contribution in [3.8, 4) is 12.3 Å². The van der Waals surface area contributed by atoms with E-state index in [1.807, 2.05) is 12.1 Å². The normalized spacial score (nSPS) is 9.77. The van der Waals surface area contributed by atoms with Gasteiger partial charge < -0.3 is 0 Å². The van der Waals surface area contributed by atoms with Crippen LogP contribution >= 0.6 is 0 Å². The smallest absolute Gasteiger partial charge is 0.0337 e. The number of fused-ring (bicyclic) bond motifs is 1. The third kappa shape index (κ3) is 1.55. The number of terminal acetylenes is 1. The molecular weight excluding hydrogens is 156 g/mol. The van der Waals surface area contributed by atoms with Gasteiger partial charge in [0.05, 0.1) is 0 Å². The zero-order chi connectivity index (χ0) is 9.10. The number of benzene rings is 2. The van der Waals surface area contributed by atoms with Crippen molar-refractivity contribution in [3.63, 3.8) is 0 Å². The fraction of sp³-hybridized carbons (Fsp3) is 0.0769. The van der Waals surface area contributed by atoms with Crippen molar-refractivity contribution in [1.29, 1.82) is 0 Å². The second-order valence-electron chi connectivity index (χ2n) is 3.06. The average Bonchev–Trinajstić information content (AvgIpc) is 2.18. The molecule has 0 heterocycles. The quantitative estimate of drug-likeness (QED) is 0.571. The first-order chi connectivity index (χ1) is 6.40. The summed E-state index contributed by atoms with van der Waals surface area (Å²) < 4.78 is 0. The molecule has 0 nitrogen and oxygen atoms in total. The van der Waals surface area contributed by atoms with E-state index in [0.29, 0.717) is 6.42 Å². The fourth-order valence-corrected chi connectivity index (χ4v) is 1.47. The number of hydrogen-bond donors (Lipinski definition) is 0. The highest BCUT2D eigenvalue weighted by atomic mass is 14.0. The van der Waals surface area contributed by atoms with Crippen LogP contribution in [0.25, 0.3) is 10.8 Å². The Balaban J connectivity index is 2.57. The molecule has 2 rings (SSSR count). The van der Waals surface area contributed by atoms with Gasteiger partial charge in [0.15, 0.2) is 0 Å². The molecule has 0 saturated carbocycles. The molecule has 2 aromatic carbocycles. The van der Waals surface area contributed by atoms with Crippen molar-refractivity contribution in [2.75, 3.05) is 0 Å². The summed E-state index contributed by atoms with van der Waals surface area (Å²) in [7, 11) is 0. The molecule has 2 aromatic rings. The van der Waals surface area contributed by atoms with Crippen molar-refractivity contribution in [2.45, 2.75) is 6.42 Å². The summed E-state index contributed by atoms with van der Waals surface area (Å²) in [6, 6.07) is 14.6. The number of hydrogen-bond acceptors (Lipinski definition) is 0. The van der Waals surface area contributed by atoms with E-state index in [2.05, 4.69) is 36.3 Å². The van der Waals surface area contributed by atoms with E-state index >= 15 is 0 Å². The zero-order valence-electron chi connectivity index (χ0n) is 7.33. The van der Waals surface area contributed by atoms with Crippen LogP contribution in [-0.4, -0.2) is 0 Å². The summed E-state index contributed by atoms with van der Waals surface area (Å²) in [6.07, 6.45) is 5.97. The molecular formula is C13H10. The van der Waals surface area contributed by atoms with Gasteiger partial charge in [-0.15, -0.1) is 12.3 Å². The third-order valence-electron chi connectivity index (χ3n) is 2.12. The van der Waals surface area contributed by atoms with E-state index in [4.69, 9.17) is 6.42 Å². The predicted molar refractivity (Wildman–Crippen MR) is 56.5 cm³/mol. The molecule has 0 aromatic heterocycles. The summed E-state index contributed by atoms with van der Waals surface area (Å²) >= 11 is 0. The van der Waals surface area contributed by atoms with Gasteiger partial charge in [-0.1, -0.05) is 42.5 Å². The minimum atomic E-state index is 0.713. The molecule has 0 aliphatic heterocycles. The van der Waals surface area contributed by atoms with Crippen LogP contribution in [0.15, 0.2) is 42.5 Å². The Bertz CT molecular complexity index is 461. The highest BCUT2D eigenvalue weighted by Gasteiger charge is 1.93. The van der Waals surface area contributed by atoms with Gasteiger partial charge in [0, 0.05) is 6.42 Å². The standard InChI is InChI=1S/C13H10/c1-2-5-11-8-9-12-6-3-4-7-13(12)10-11/h1,3-4,6-10H,5H2. The van der Waals surface area contributed by atoms with Gasteiger partial charge in [0.25, 0.3) is 0 Å². The van der Waals surface area contributed by atoms with Crippen molar-refractivity contribution in [1.82, 2.24) is 0 Å². The molecule has 62 valence electrons. The minimum Gasteiger partial charge on any atom is -0.120 e. The van der Waals surface area contributed by atoms with E-state index in [0.717, 1.165) is 0 Å². The lowest BCUT2D eigenvalue weighted by molar-refractivity contribution is 1.34. The van der Waals surface area contributed by atoms with Gasteiger partial charge in [0.2, 0.25) is 0 Å². The first-order valence-corrected chi connectivity index (χ1v) is 4.31.